The Kier molecular flexibility index (Phi) is 4.28. The van der Waals surface area contributed by atoms with Crippen molar-refractivity contribution in [1.82, 2.24) is 4.90 Å². The van der Waals surface area contributed by atoms with Gasteiger partial charge in [-0.2, -0.15) is 0 Å². The number of benzene rings is 1. The van der Waals surface area contributed by atoms with Crippen molar-refractivity contribution in [3.8, 4) is 0 Å². The monoisotopic (exact) mass is 262 g/mol. The Morgan fingerprint density at radius 2 is 1.37 bits per heavy atom. The van der Waals surface area contributed by atoms with E-state index >= 15 is 0 Å². The van der Waals surface area contributed by atoms with Gasteiger partial charge >= 0.3 is 6.03 Å². The van der Waals surface area contributed by atoms with E-state index in [0.29, 0.717) is 0 Å². The summed E-state index contributed by atoms with van der Waals surface area (Å²) in [5.41, 5.74) is 1.55. The lowest BCUT2D eigenvalue weighted by molar-refractivity contribution is 0.0828. The molecule has 0 unspecified atom stereocenters. The summed E-state index contributed by atoms with van der Waals surface area (Å²) in [6, 6.07) is 7.78. The van der Waals surface area contributed by atoms with E-state index in [4.69, 9.17) is 0 Å². The van der Waals surface area contributed by atoms with E-state index in [1.165, 1.54) is 5.56 Å². The van der Waals surface area contributed by atoms with Crippen LogP contribution in [0.4, 0.5) is 10.5 Å². The zero-order valence-corrected chi connectivity index (χ0v) is 13.2. The first-order valence-electron chi connectivity index (χ1n) is 6.70. The first-order valence-corrected chi connectivity index (χ1v) is 6.70. The third-order valence-corrected chi connectivity index (χ3v) is 2.85. The Morgan fingerprint density at radius 1 is 0.947 bits per heavy atom. The van der Waals surface area contributed by atoms with Crippen LogP contribution in [0, 0.1) is 6.92 Å². The molecule has 0 aliphatic carbocycles. The van der Waals surface area contributed by atoms with Crippen LogP contribution in [0.1, 0.15) is 47.1 Å². The molecule has 106 valence electrons. The predicted octanol–water partition coefficient (Wildman–Crippen LogP) is 4.43. The second-order valence-corrected chi connectivity index (χ2v) is 6.97. The Hall–Kier alpha value is -1.51. The molecule has 0 radical (unpaired) electrons. The fourth-order valence-corrected chi connectivity index (χ4v) is 2.43. The highest BCUT2D eigenvalue weighted by Gasteiger charge is 2.35. The number of urea groups is 1. The number of nitrogens with one attached hydrogen (secondary N) is 1. The molecule has 3 nitrogen and oxygen atoms in total. The Labute approximate surface area is 117 Å². The van der Waals surface area contributed by atoms with Gasteiger partial charge in [-0.15, -0.1) is 0 Å². The van der Waals surface area contributed by atoms with Gasteiger partial charge in [-0.3, -0.25) is 0 Å². The van der Waals surface area contributed by atoms with Gasteiger partial charge in [0.15, 0.2) is 0 Å². The molecule has 0 bridgehead atoms. The summed E-state index contributed by atoms with van der Waals surface area (Å²) in [5, 5.41) is 2.97. The number of amides is 2. The molecule has 0 saturated heterocycles. The highest BCUT2D eigenvalue weighted by molar-refractivity contribution is 5.90. The molecule has 1 rings (SSSR count). The number of aryl methyl sites for hydroxylation is 1. The lowest BCUT2D eigenvalue weighted by Gasteiger charge is -2.45. The molecule has 3 heteroatoms. The normalized spacial score (nSPS) is 12.2. The molecule has 0 saturated carbocycles. The van der Waals surface area contributed by atoms with Gasteiger partial charge in [0.25, 0.3) is 0 Å². The molecule has 19 heavy (non-hydrogen) atoms. The van der Waals surface area contributed by atoms with Crippen molar-refractivity contribution in [1.29, 1.82) is 0 Å². The number of hydrogen-bond donors (Lipinski definition) is 1. The molecular weight excluding hydrogens is 236 g/mol. The zero-order chi connectivity index (χ0) is 14.8. The van der Waals surface area contributed by atoms with E-state index in [9.17, 15) is 4.79 Å². The van der Waals surface area contributed by atoms with E-state index in [0.717, 1.165) is 5.69 Å². The fourth-order valence-electron chi connectivity index (χ4n) is 2.43. The molecule has 0 fully saturated rings. The summed E-state index contributed by atoms with van der Waals surface area (Å²) in [4.78, 5) is 14.4. The molecule has 0 spiro atoms. The second kappa shape index (κ2) is 5.24. The lowest BCUT2D eigenvalue weighted by Crippen LogP contribution is -2.57. The smallest absolute Gasteiger partial charge is 0.315 e. The lowest BCUT2D eigenvalue weighted by atomic mass is 9.97. The fraction of sp³-hybridized carbons (Fsp3) is 0.562. The van der Waals surface area contributed by atoms with Gasteiger partial charge in [0.1, 0.15) is 0 Å². The van der Waals surface area contributed by atoms with Crippen molar-refractivity contribution < 1.29 is 4.79 Å². The van der Waals surface area contributed by atoms with Gasteiger partial charge in [-0.05, 0) is 60.6 Å². The average Bonchev–Trinajstić information content (AvgIpc) is 2.16. The SMILES string of the molecule is Cc1ccc(NC(=O)N(C(C)(C)C)C(C)(C)C)cc1. The average molecular weight is 262 g/mol. The predicted molar refractivity (Wildman–Crippen MR) is 81.5 cm³/mol. The number of carbonyl (C=O) groups excluding carboxylic acids is 1. The number of rotatable bonds is 1. The van der Waals surface area contributed by atoms with Crippen LogP contribution in [0.25, 0.3) is 0 Å². The van der Waals surface area contributed by atoms with E-state index in [1.54, 1.807) is 0 Å². The minimum absolute atomic E-state index is 0.0659. The van der Waals surface area contributed by atoms with Crippen LogP contribution in [0.15, 0.2) is 24.3 Å². The van der Waals surface area contributed by atoms with Crippen molar-refractivity contribution in [3.63, 3.8) is 0 Å². The van der Waals surface area contributed by atoms with E-state index in [2.05, 4.69) is 5.32 Å². The standard InChI is InChI=1S/C16H26N2O/c1-12-8-10-13(11-9-12)17-14(19)18(15(2,3)4)16(5,6)7/h8-11H,1-7H3,(H,17,19). The van der Waals surface area contributed by atoms with Crippen molar-refractivity contribution >= 4 is 11.7 Å². The molecule has 0 aliphatic rings. The van der Waals surface area contributed by atoms with Crippen LogP contribution in [0.5, 0.6) is 0 Å². The van der Waals surface area contributed by atoms with Crippen molar-refractivity contribution in [2.45, 2.75) is 59.5 Å². The molecule has 1 aromatic rings. The molecule has 1 aromatic carbocycles. The summed E-state index contributed by atoms with van der Waals surface area (Å²) < 4.78 is 0. The molecule has 0 heterocycles. The minimum atomic E-state index is -0.229. The molecule has 0 aromatic heterocycles. The van der Waals surface area contributed by atoms with Crippen molar-refractivity contribution in [2.24, 2.45) is 0 Å². The minimum Gasteiger partial charge on any atom is -0.315 e. The van der Waals surface area contributed by atoms with Gasteiger partial charge in [0.05, 0.1) is 0 Å². The Morgan fingerprint density at radius 3 is 1.74 bits per heavy atom. The molecule has 2 amide bonds. The van der Waals surface area contributed by atoms with Gasteiger partial charge in [0, 0.05) is 16.8 Å². The first kappa shape index (κ1) is 15.5. The van der Waals surface area contributed by atoms with Crippen LogP contribution in [0.3, 0.4) is 0 Å². The van der Waals surface area contributed by atoms with E-state index in [-0.39, 0.29) is 17.1 Å². The summed E-state index contributed by atoms with van der Waals surface area (Å²) in [5.74, 6) is 0. The van der Waals surface area contributed by atoms with Gasteiger partial charge in [0.2, 0.25) is 0 Å². The maximum atomic E-state index is 12.5. The summed E-state index contributed by atoms with van der Waals surface area (Å²) in [6.07, 6.45) is 0. The zero-order valence-electron chi connectivity index (χ0n) is 13.2. The van der Waals surface area contributed by atoms with Crippen LogP contribution < -0.4 is 5.32 Å². The largest absolute Gasteiger partial charge is 0.322 e. The van der Waals surface area contributed by atoms with Gasteiger partial charge in [-0.25, -0.2) is 4.79 Å². The highest BCUT2D eigenvalue weighted by Crippen LogP contribution is 2.26. The molecular formula is C16H26N2O. The van der Waals surface area contributed by atoms with Gasteiger partial charge < -0.3 is 10.2 Å². The van der Waals surface area contributed by atoms with Crippen molar-refractivity contribution in [2.75, 3.05) is 5.32 Å². The quantitative estimate of drug-likeness (QED) is 0.798. The second-order valence-electron chi connectivity index (χ2n) is 6.97. The third kappa shape index (κ3) is 4.27. The van der Waals surface area contributed by atoms with E-state index in [1.807, 2.05) is 77.6 Å². The maximum absolute atomic E-state index is 12.5. The molecule has 1 N–H and O–H groups in total. The number of hydrogen-bond acceptors (Lipinski definition) is 1. The number of anilines is 1. The highest BCUT2D eigenvalue weighted by atomic mass is 16.2. The van der Waals surface area contributed by atoms with Crippen molar-refractivity contribution in [3.05, 3.63) is 29.8 Å². The van der Waals surface area contributed by atoms with E-state index < -0.39 is 0 Å². The Balaban J connectivity index is 2.93. The van der Waals surface area contributed by atoms with Gasteiger partial charge in [-0.1, -0.05) is 17.7 Å². The summed E-state index contributed by atoms with van der Waals surface area (Å²) >= 11 is 0. The van der Waals surface area contributed by atoms with Crippen LogP contribution in [-0.4, -0.2) is 22.0 Å². The van der Waals surface area contributed by atoms with Crippen LogP contribution in [-0.2, 0) is 0 Å². The number of nitrogens with zero attached hydrogens (tertiary/aromatic N) is 1. The topological polar surface area (TPSA) is 32.3 Å². The van der Waals surface area contributed by atoms with Crippen LogP contribution in [0.2, 0.25) is 0 Å². The Bertz CT molecular complexity index is 421. The summed E-state index contributed by atoms with van der Waals surface area (Å²) in [7, 11) is 0. The number of carbonyl (C=O) groups is 1. The third-order valence-electron chi connectivity index (χ3n) is 2.85. The summed E-state index contributed by atoms with van der Waals surface area (Å²) in [6.45, 7) is 14.3. The molecule has 0 atom stereocenters. The van der Waals surface area contributed by atoms with Crippen LogP contribution >= 0.6 is 0 Å². The molecule has 0 aliphatic heterocycles. The first-order chi connectivity index (χ1) is 8.51. The maximum Gasteiger partial charge on any atom is 0.322 e.